The number of sulfonamides is 1. The molecule has 1 aromatic heterocycles. The van der Waals surface area contributed by atoms with Crippen LogP contribution in [0.4, 0.5) is 5.69 Å². The molecule has 0 unspecified atom stereocenters. The Morgan fingerprint density at radius 2 is 2.05 bits per heavy atom. The van der Waals surface area contributed by atoms with Crippen LogP contribution < -0.4 is 10.5 Å². The molecule has 1 heterocycles. The van der Waals surface area contributed by atoms with Gasteiger partial charge in [0.05, 0.1) is 12.3 Å². The molecule has 0 aliphatic heterocycles. The van der Waals surface area contributed by atoms with Crippen molar-refractivity contribution in [2.75, 3.05) is 17.2 Å². The first-order valence-corrected chi connectivity index (χ1v) is 9.02. The molecule has 21 heavy (non-hydrogen) atoms. The van der Waals surface area contributed by atoms with Crippen molar-refractivity contribution in [3.05, 3.63) is 42.5 Å². The van der Waals surface area contributed by atoms with Gasteiger partial charge in [0.25, 0.3) is 0 Å². The van der Waals surface area contributed by atoms with Crippen molar-refractivity contribution in [2.45, 2.75) is 11.4 Å². The van der Waals surface area contributed by atoms with Crippen molar-refractivity contribution in [3.8, 4) is 0 Å². The number of aromatic nitrogens is 2. The van der Waals surface area contributed by atoms with E-state index in [1.807, 2.05) is 19.2 Å². The maximum Gasteiger partial charge on any atom is 0.212 e. The van der Waals surface area contributed by atoms with E-state index in [0.29, 0.717) is 17.3 Å². The molecule has 0 atom stereocenters. The first kappa shape index (κ1) is 15.9. The SMILES string of the molecule is Cn1ccnc1CNS(=O)(=O)CCSc1ccc(N)cc1. The van der Waals surface area contributed by atoms with Gasteiger partial charge < -0.3 is 10.3 Å². The third-order valence-electron chi connectivity index (χ3n) is 2.87. The molecular formula is C13H18N4O2S2. The van der Waals surface area contributed by atoms with Gasteiger partial charge in [-0.05, 0) is 24.3 Å². The average Bonchev–Trinajstić information content (AvgIpc) is 2.84. The number of anilines is 1. The van der Waals surface area contributed by atoms with E-state index in [-0.39, 0.29) is 12.3 Å². The van der Waals surface area contributed by atoms with Crippen LogP contribution in [0.3, 0.4) is 0 Å². The summed E-state index contributed by atoms with van der Waals surface area (Å²) in [5.41, 5.74) is 6.30. The molecule has 2 rings (SSSR count). The molecular weight excluding hydrogens is 308 g/mol. The third-order valence-corrected chi connectivity index (χ3v) is 5.47. The second kappa shape index (κ2) is 6.97. The minimum absolute atomic E-state index is 0.0620. The molecule has 0 radical (unpaired) electrons. The number of benzene rings is 1. The van der Waals surface area contributed by atoms with Gasteiger partial charge in [-0.1, -0.05) is 0 Å². The van der Waals surface area contributed by atoms with Gasteiger partial charge in [-0.3, -0.25) is 0 Å². The summed E-state index contributed by atoms with van der Waals surface area (Å²) in [7, 11) is -1.47. The number of hydrogen-bond acceptors (Lipinski definition) is 5. The van der Waals surface area contributed by atoms with Crippen LogP contribution in [-0.4, -0.2) is 29.5 Å². The molecule has 0 fully saturated rings. The van der Waals surface area contributed by atoms with Gasteiger partial charge in [0.2, 0.25) is 10.0 Å². The van der Waals surface area contributed by atoms with Crippen molar-refractivity contribution in [2.24, 2.45) is 7.05 Å². The summed E-state index contributed by atoms with van der Waals surface area (Å²) in [5, 5.41) is 0. The smallest absolute Gasteiger partial charge is 0.212 e. The third kappa shape index (κ3) is 5.07. The van der Waals surface area contributed by atoms with E-state index in [0.717, 1.165) is 4.90 Å². The van der Waals surface area contributed by atoms with E-state index in [1.165, 1.54) is 11.8 Å². The first-order valence-electron chi connectivity index (χ1n) is 6.38. The van der Waals surface area contributed by atoms with E-state index >= 15 is 0 Å². The fraction of sp³-hybridized carbons (Fsp3) is 0.308. The fourth-order valence-electron chi connectivity index (χ4n) is 1.65. The lowest BCUT2D eigenvalue weighted by Gasteiger charge is -2.07. The van der Waals surface area contributed by atoms with Crippen LogP contribution in [0.1, 0.15) is 5.82 Å². The van der Waals surface area contributed by atoms with Crippen molar-refractivity contribution in [1.82, 2.24) is 14.3 Å². The fourth-order valence-corrected chi connectivity index (χ4v) is 3.92. The Hall–Kier alpha value is -1.51. The number of thioether (sulfide) groups is 1. The molecule has 0 saturated heterocycles. The lowest BCUT2D eigenvalue weighted by atomic mass is 10.3. The second-order valence-electron chi connectivity index (χ2n) is 4.51. The Morgan fingerprint density at radius 3 is 2.67 bits per heavy atom. The van der Waals surface area contributed by atoms with Gasteiger partial charge in [-0.25, -0.2) is 18.1 Å². The largest absolute Gasteiger partial charge is 0.399 e. The van der Waals surface area contributed by atoms with Crippen molar-refractivity contribution >= 4 is 27.5 Å². The predicted molar refractivity (Wildman–Crippen MR) is 85.4 cm³/mol. The lowest BCUT2D eigenvalue weighted by Crippen LogP contribution is -2.28. The summed E-state index contributed by atoms with van der Waals surface area (Å²) >= 11 is 1.49. The minimum atomic E-state index is -3.30. The Labute approximate surface area is 128 Å². The summed E-state index contributed by atoms with van der Waals surface area (Å²) in [6, 6.07) is 7.37. The molecule has 1 aromatic carbocycles. The molecule has 8 heteroatoms. The molecule has 2 aromatic rings. The lowest BCUT2D eigenvalue weighted by molar-refractivity contribution is 0.579. The normalized spacial score (nSPS) is 11.7. The second-order valence-corrected chi connectivity index (χ2v) is 7.61. The van der Waals surface area contributed by atoms with Crippen LogP contribution in [0, 0.1) is 0 Å². The maximum atomic E-state index is 11.9. The molecule has 114 valence electrons. The average molecular weight is 326 g/mol. The van der Waals surface area contributed by atoms with Crippen LogP contribution in [0.25, 0.3) is 0 Å². The summed E-state index contributed by atoms with van der Waals surface area (Å²) in [4.78, 5) is 5.08. The number of imidazole rings is 1. The highest BCUT2D eigenvalue weighted by Crippen LogP contribution is 2.19. The molecule has 0 amide bonds. The summed E-state index contributed by atoms with van der Waals surface area (Å²) in [5.74, 6) is 1.23. The number of nitrogen functional groups attached to an aromatic ring is 1. The Kier molecular flexibility index (Phi) is 5.27. The zero-order chi connectivity index (χ0) is 15.3. The molecule has 0 bridgehead atoms. The Balaban J connectivity index is 1.78. The Bertz CT molecular complexity index is 680. The van der Waals surface area contributed by atoms with Crippen LogP contribution in [-0.2, 0) is 23.6 Å². The van der Waals surface area contributed by atoms with Gasteiger partial charge in [0.15, 0.2) is 0 Å². The van der Waals surface area contributed by atoms with Gasteiger partial charge in [0.1, 0.15) is 5.82 Å². The van der Waals surface area contributed by atoms with E-state index in [2.05, 4.69) is 9.71 Å². The highest BCUT2D eigenvalue weighted by atomic mass is 32.2. The van der Waals surface area contributed by atoms with Gasteiger partial charge >= 0.3 is 0 Å². The summed E-state index contributed by atoms with van der Waals surface area (Å²) in [6.07, 6.45) is 3.42. The highest BCUT2D eigenvalue weighted by molar-refractivity contribution is 8.00. The van der Waals surface area contributed by atoms with Crippen molar-refractivity contribution < 1.29 is 8.42 Å². The number of rotatable bonds is 7. The van der Waals surface area contributed by atoms with E-state index in [4.69, 9.17) is 5.73 Å². The van der Waals surface area contributed by atoms with Crippen LogP contribution in [0.15, 0.2) is 41.6 Å². The maximum absolute atomic E-state index is 11.9. The topological polar surface area (TPSA) is 90.0 Å². The minimum Gasteiger partial charge on any atom is -0.399 e. The number of nitrogens with one attached hydrogen (secondary N) is 1. The summed E-state index contributed by atoms with van der Waals surface area (Å²) < 4.78 is 28.1. The van der Waals surface area contributed by atoms with Crippen LogP contribution in [0.2, 0.25) is 0 Å². The number of aryl methyl sites for hydroxylation is 1. The number of nitrogens with two attached hydrogens (primary N) is 1. The molecule has 6 nitrogen and oxygen atoms in total. The molecule has 3 N–H and O–H groups in total. The standard InChI is InChI=1S/C13H18N4O2S2/c1-17-7-6-15-13(17)10-16-21(18,19)9-8-20-12-4-2-11(14)3-5-12/h2-7,16H,8-10,14H2,1H3. The van der Waals surface area contributed by atoms with Crippen LogP contribution in [0.5, 0.6) is 0 Å². The quantitative estimate of drug-likeness (QED) is 0.590. The number of hydrogen-bond donors (Lipinski definition) is 2. The van der Waals surface area contributed by atoms with E-state index < -0.39 is 10.0 Å². The number of nitrogens with zero attached hydrogens (tertiary/aromatic N) is 2. The zero-order valence-corrected chi connectivity index (χ0v) is 13.3. The molecule has 0 aliphatic rings. The van der Waals surface area contributed by atoms with Gasteiger partial charge in [0, 0.05) is 35.8 Å². The monoisotopic (exact) mass is 326 g/mol. The molecule has 0 saturated carbocycles. The van der Waals surface area contributed by atoms with Gasteiger partial charge in [-0.2, -0.15) is 0 Å². The van der Waals surface area contributed by atoms with E-state index in [1.54, 1.807) is 29.1 Å². The van der Waals surface area contributed by atoms with Gasteiger partial charge in [-0.15, -0.1) is 11.8 Å². The van der Waals surface area contributed by atoms with Crippen molar-refractivity contribution in [3.63, 3.8) is 0 Å². The van der Waals surface area contributed by atoms with Crippen LogP contribution >= 0.6 is 11.8 Å². The van der Waals surface area contributed by atoms with E-state index in [9.17, 15) is 8.42 Å². The predicted octanol–water partition coefficient (Wildman–Crippen LogP) is 1.21. The first-order chi connectivity index (χ1) is 9.96. The summed E-state index contributed by atoms with van der Waals surface area (Å²) in [6.45, 7) is 0.207. The zero-order valence-electron chi connectivity index (χ0n) is 11.7. The van der Waals surface area contributed by atoms with Crippen molar-refractivity contribution in [1.29, 1.82) is 0 Å². The Morgan fingerprint density at radius 1 is 1.33 bits per heavy atom. The molecule has 0 spiro atoms. The molecule has 0 aliphatic carbocycles. The highest BCUT2D eigenvalue weighted by Gasteiger charge is 2.11.